The van der Waals surface area contributed by atoms with Crippen molar-refractivity contribution in [2.24, 2.45) is 0 Å². The monoisotopic (exact) mass is 236 g/mol. The molecular weight excluding hydrogens is 218 g/mol. The van der Waals surface area contributed by atoms with Gasteiger partial charge < -0.3 is 0 Å². The lowest BCUT2D eigenvalue weighted by molar-refractivity contribution is -0.749. The van der Waals surface area contributed by atoms with E-state index in [0.29, 0.717) is 5.92 Å². The van der Waals surface area contributed by atoms with Crippen LogP contribution in [0.5, 0.6) is 0 Å². The lowest BCUT2D eigenvalue weighted by Crippen LogP contribution is -2.58. The van der Waals surface area contributed by atoms with Crippen LogP contribution in [0, 0.1) is 0 Å². The summed E-state index contributed by atoms with van der Waals surface area (Å²) in [6, 6.07) is 15.7. The summed E-state index contributed by atoms with van der Waals surface area (Å²) in [7, 11) is 0. The normalized spacial score (nSPS) is 27.8. The molecule has 2 aliphatic heterocycles. The molecule has 3 heterocycles. The van der Waals surface area contributed by atoms with Crippen LogP contribution < -0.4 is 4.57 Å². The second-order valence-electron chi connectivity index (χ2n) is 5.90. The van der Waals surface area contributed by atoms with Crippen LogP contribution in [0.25, 0.3) is 11.3 Å². The first-order valence-corrected chi connectivity index (χ1v) is 6.85. The molecule has 2 unspecified atom stereocenters. The number of aryl methyl sites for hydroxylation is 1. The van der Waals surface area contributed by atoms with Crippen LogP contribution in [-0.4, -0.2) is 0 Å². The highest BCUT2D eigenvalue weighted by Crippen LogP contribution is 2.45. The summed E-state index contributed by atoms with van der Waals surface area (Å²) in [5.41, 5.74) is 6.10. The maximum absolute atomic E-state index is 2.60. The molecule has 90 valence electrons. The Bertz CT molecular complexity index is 644. The smallest absolute Gasteiger partial charge is 0.190 e. The second-order valence-corrected chi connectivity index (χ2v) is 5.90. The number of pyridine rings is 1. The zero-order valence-electron chi connectivity index (χ0n) is 11.0. The Labute approximate surface area is 108 Å². The van der Waals surface area contributed by atoms with E-state index in [2.05, 4.69) is 60.9 Å². The first-order chi connectivity index (χ1) is 8.72. The predicted octanol–water partition coefficient (Wildman–Crippen LogP) is 3.42. The van der Waals surface area contributed by atoms with E-state index in [-0.39, 0.29) is 5.54 Å². The highest BCUT2D eigenvalue weighted by atomic mass is 15.1. The Morgan fingerprint density at radius 2 is 1.94 bits per heavy atom. The molecule has 0 saturated heterocycles. The van der Waals surface area contributed by atoms with Crippen molar-refractivity contribution < 1.29 is 4.57 Å². The van der Waals surface area contributed by atoms with Gasteiger partial charge in [-0.1, -0.05) is 25.1 Å². The molecule has 0 bridgehead atoms. The molecule has 0 amide bonds. The van der Waals surface area contributed by atoms with Gasteiger partial charge in [0, 0.05) is 43.4 Å². The summed E-state index contributed by atoms with van der Waals surface area (Å²) in [6.07, 6.45) is 2.47. The quantitative estimate of drug-likeness (QED) is 0.617. The van der Waals surface area contributed by atoms with Crippen molar-refractivity contribution in [1.82, 2.24) is 0 Å². The summed E-state index contributed by atoms with van der Waals surface area (Å²) in [6.45, 7) is 4.81. The van der Waals surface area contributed by atoms with E-state index in [0.717, 1.165) is 0 Å². The van der Waals surface area contributed by atoms with Crippen molar-refractivity contribution in [1.29, 1.82) is 0 Å². The Morgan fingerprint density at radius 1 is 1.11 bits per heavy atom. The van der Waals surface area contributed by atoms with E-state index < -0.39 is 0 Å². The molecule has 1 heteroatoms. The van der Waals surface area contributed by atoms with Gasteiger partial charge in [0.05, 0.1) is 0 Å². The first-order valence-electron chi connectivity index (χ1n) is 6.85. The number of fused-ring (bicyclic) bond motifs is 2. The molecule has 1 nitrogen and oxygen atoms in total. The molecule has 0 N–H and O–H groups in total. The number of benzene rings is 1. The summed E-state index contributed by atoms with van der Waals surface area (Å²) in [4.78, 5) is 0. The molecule has 1 aromatic carbocycles. The third kappa shape index (κ3) is 1.05. The lowest BCUT2D eigenvalue weighted by Gasteiger charge is -2.33. The third-order valence-electron chi connectivity index (χ3n) is 5.11. The zero-order chi connectivity index (χ0) is 12.3. The fraction of sp³-hybridized carbons (Fsp3) is 0.353. The van der Waals surface area contributed by atoms with Crippen molar-refractivity contribution in [2.75, 3.05) is 0 Å². The number of rotatable bonds is 0. The van der Waals surface area contributed by atoms with Gasteiger partial charge in [0.15, 0.2) is 11.2 Å². The average Bonchev–Trinajstić information content (AvgIpc) is 2.77. The van der Waals surface area contributed by atoms with Gasteiger partial charge in [-0.3, -0.25) is 0 Å². The van der Waals surface area contributed by atoms with Crippen molar-refractivity contribution in [2.45, 2.75) is 38.1 Å². The van der Waals surface area contributed by atoms with Crippen LogP contribution in [0.3, 0.4) is 0 Å². The largest absolute Gasteiger partial charge is 0.213 e. The van der Waals surface area contributed by atoms with E-state index in [1.54, 1.807) is 0 Å². The minimum absolute atomic E-state index is 0.264. The Morgan fingerprint density at radius 3 is 2.83 bits per heavy atom. The number of nitrogens with zero attached hydrogens (tertiary/aromatic N) is 1. The molecule has 0 saturated carbocycles. The SMILES string of the molecule is CC1c2ccccc2-c2cccc3[n+]2C1(C)CC3. The van der Waals surface area contributed by atoms with Gasteiger partial charge in [-0.15, -0.1) is 0 Å². The molecule has 1 aromatic heterocycles. The maximum Gasteiger partial charge on any atom is 0.213 e. The van der Waals surface area contributed by atoms with Crippen LogP contribution in [0.1, 0.15) is 37.4 Å². The molecule has 4 rings (SSSR count). The minimum atomic E-state index is 0.264. The predicted molar refractivity (Wildman–Crippen MR) is 72.5 cm³/mol. The summed E-state index contributed by atoms with van der Waals surface area (Å²) in [5, 5.41) is 0. The molecule has 0 spiro atoms. The third-order valence-corrected chi connectivity index (χ3v) is 5.11. The fourth-order valence-corrected chi connectivity index (χ4v) is 3.91. The molecule has 2 aliphatic rings. The van der Waals surface area contributed by atoms with E-state index in [4.69, 9.17) is 0 Å². The van der Waals surface area contributed by atoms with E-state index >= 15 is 0 Å². The summed E-state index contributed by atoms with van der Waals surface area (Å²) in [5.74, 6) is 0.592. The Hall–Kier alpha value is -1.63. The van der Waals surface area contributed by atoms with Gasteiger partial charge in [-0.2, -0.15) is 4.57 Å². The van der Waals surface area contributed by atoms with E-state index in [1.807, 2.05) is 0 Å². The van der Waals surface area contributed by atoms with Gasteiger partial charge in [-0.05, 0) is 17.7 Å². The van der Waals surface area contributed by atoms with Crippen LogP contribution >= 0.6 is 0 Å². The summed E-state index contributed by atoms with van der Waals surface area (Å²) >= 11 is 0. The lowest BCUT2D eigenvalue weighted by atomic mass is 9.75. The average molecular weight is 236 g/mol. The standard InChI is InChI=1S/C17H18N/c1-12-14-7-3-4-8-15(14)16-9-5-6-13-10-11-17(12,2)18(13)16/h3-9,12H,10-11H2,1-2H3/q+1. The minimum Gasteiger partial charge on any atom is -0.190 e. The van der Waals surface area contributed by atoms with Crippen LogP contribution in [0.4, 0.5) is 0 Å². The number of hydrogen-bond acceptors (Lipinski definition) is 0. The first kappa shape index (κ1) is 10.3. The molecule has 18 heavy (non-hydrogen) atoms. The molecule has 0 aliphatic carbocycles. The van der Waals surface area contributed by atoms with Crippen LogP contribution in [0.15, 0.2) is 42.5 Å². The topological polar surface area (TPSA) is 3.88 Å². The second kappa shape index (κ2) is 3.23. The molecule has 0 radical (unpaired) electrons. The van der Waals surface area contributed by atoms with Crippen molar-refractivity contribution in [3.8, 4) is 11.3 Å². The van der Waals surface area contributed by atoms with Crippen molar-refractivity contribution in [3.63, 3.8) is 0 Å². The van der Waals surface area contributed by atoms with Crippen molar-refractivity contribution in [3.05, 3.63) is 53.7 Å². The fourth-order valence-electron chi connectivity index (χ4n) is 3.91. The Kier molecular flexibility index (Phi) is 1.85. The van der Waals surface area contributed by atoms with Gasteiger partial charge in [0.1, 0.15) is 0 Å². The number of hydrogen-bond donors (Lipinski definition) is 0. The molecule has 2 atom stereocenters. The van der Waals surface area contributed by atoms with Gasteiger partial charge in [-0.25, -0.2) is 0 Å². The molecule has 0 fully saturated rings. The highest BCUT2D eigenvalue weighted by molar-refractivity contribution is 5.64. The molecule has 2 aromatic rings. The van der Waals surface area contributed by atoms with Gasteiger partial charge in [0.25, 0.3) is 0 Å². The van der Waals surface area contributed by atoms with E-state index in [9.17, 15) is 0 Å². The summed E-state index contributed by atoms with van der Waals surface area (Å²) < 4.78 is 2.60. The van der Waals surface area contributed by atoms with Crippen molar-refractivity contribution >= 4 is 0 Å². The molecular formula is C17H18N+. The van der Waals surface area contributed by atoms with E-state index in [1.165, 1.54) is 35.4 Å². The van der Waals surface area contributed by atoms with Gasteiger partial charge in [0.2, 0.25) is 5.69 Å². The highest BCUT2D eigenvalue weighted by Gasteiger charge is 2.52. The number of aromatic nitrogens is 1. The van der Waals surface area contributed by atoms with Crippen LogP contribution in [0.2, 0.25) is 0 Å². The maximum atomic E-state index is 2.60. The zero-order valence-corrected chi connectivity index (χ0v) is 11.0. The van der Waals surface area contributed by atoms with Gasteiger partial charge >= 0.3 is 0 Å². The van der Waals surface area contributed by atoms with Crippen LogP contribution in [-0.2, 0) is 12.0 Å². The Balaban J connectivity index is 2.13.